The summed E-state index contributed by atoms with van der Waals surface area (Å²) in [5.41, 5.74) is 6.05. The van der Waals surface area contributed by atoms with Crippen LogP contribution in [0.15, 0.2) is 5.38 Å². The highest BCUT2D eigenvalue weighted by Crippen LogP contribution is 2.23. The molecule has 1 heterocycles. The molecule has 0 saturated heterocycles. The predicted molar refractivity (Wildman–Crippen MR) is 53.9 cm³/mol. The Labute approximate surface area is 89.7 Å². The van der Waals surface area contributed by atoms with Crippen LogP contribution in [-0.4, -0.2) is 24.8 Å². The summed E-state index contributed by atoms with van der Waals surface area (Å²) in [6, 6.07) is 0. The SMILES string of the molecule is CN(CCC(F)(F)F)c1nc(CN)cs1. The Morgan fingerprint density at radius 1 is 1.53 bits per heavy atom. The first-order valence-corrected chi connectivity index (χ1v) is 5.22. The van der Waals surface area contributed by atoms with Crippen LogP contribution in [0.5, 0.6) is 0 Å². The standard InChI is InChI=1S/C8H12F3N3S/c1-14(3-2-8(9,10)11)7-13-6(4-12)5-15-7/h5H,2-4,12H2,1H3. The van der Waals surface area contributed by atoms with Gasteiger partial charge in [0.15, 0.2) is 5.13 Å². The largest absolute Gasteiger partial charge is 0.390 e. The van der Waals surface area contributed by atoms with Gasteiger partial charge in [0.2, 0.25) is 0 Å². The molecule has 0 radical (unpaired) electrons. The molecule has 2 N–H and O–H groups in total. The number of hydrogen-bond acceptors (Lipinski definition) is 4. The van der Waals surface area contributed by atoms with Crippen molar-refractivity contribution in [3.05, 3.63) is 11.1 Å². The van der Waals surface area contributed by atoms with Gasteiger partial charge in [0.05, 0.1) is 12.1 Å². The third-order valence-corrected chi connectivity index (χ3v) is 2.81. The lowest BCUT2D eigenvalue weighted by atomic mass is 10.4. The van der Waals surface area contributed by atoms with Crippen LogP contribution in [0.3, 0.4) is 0 Å². The van der Waals surface area contributed by atoms with Gasteiger partial charge in [-0.3, -0.25) is 0 Å². The summed E-state index contributed by atoms with van der Waals surface area (Å²) in [7, 11) is 1.59. The topological polar surface area (TPSA) is 42.2 Å². The van der Waals surface area contributed by atoms with Crippen molar-refractivity contribution in [2.45, 2.75) is 19.1 Å². The van der Waals surface area contributed by atoms with E-state index in [2.05, 4.69) is 4.98 Å². The van der Waals surface area contributed by atoms with Gasteiger partial charge in [-0.25, -0.2) is 4.98 Å². The summed E-state index contributed by atoms with van der Waals surface area (Å²) in [6.45, 7) is 0.227. The predicted octanol–water partition coefficient (Wildman–Crippen LogP) is 1.99. The molecule has 0 aliphatic heterocycles. The molecule has 0 bridgehead atoms. The maximum atomic E-state index is 11.9. The Morgan fingerprint density at radius 3 is 2.67 bits per heavy atom. The fourth-order valence-electron chi connectivity index (χ4n) is 0.955. The van der Waals surface area contributed by atoms with Crippen molar-refractivity contribution in [2.24, 2.45) is 5.73 Å². The first-order valence-electron chi connectivity index (χ1n) is 4.35. The zero-order chi connectivity index (χ0) is 11.5. The molecule has 0 fully saturated rings. The van der Waals surface area contributed by atoms with Crippen molar-refractivity contribution in [3.63, 3.8) is 0 Å². The molecule has 1 aromatic heterocycles. The number of alkyl halides is 3. The molecule has 0 saturated carbocycles. The van der Waals surface area contributed by atoms with E-state index in [0.29, 0.717) is 17.4 Å². The second-order valence-corrected chi connectivity index (χ2v) is 3.95. The van der Waals surface area contributed by atoms with Crippen LogP contribution in [-0.2, 0) is 6.54 Å². The van der Waals surface area contributed by atoms with Gasteiger partial charge in [-0.15, -0.1) is 11.3 Å². The van der Waals surface area contributed by atoms with Crippen molar-refractivity contribution >= 4 is 16.5 Å². The highest BCUT2D eigenvalue weighted by atomic mass is 32.1. The number of thiazole rings is 1. The van der Waals surface area contributed by atoms with Crippen LogP contribution in [0.25, 0.3) is 0 Å². The van der Waals surface area contributed by atoms with Gasteiger partial charge in [0, 0.05) is 25.5 Å². The number of rotatable bonds is 4. The molecule has 7 heteroatoms. The van der Waals surface area contributed by atoms with Crippen molar-refractivity contribution in [3.8, 4) is 0 Å². The highest BCUT2D eigenvalue weighted by molar-refractivity contribution is 7.13. The second kappa shape index (κ2) is 4.80. The van der Waals surface area contributed by atoms with Crippen molar-refractivity contribution < 1.29 is 13.2 Å². The minimum Gasteiger partial charge on any atom is -0.351 e. The summed E-state index contributed by atoms with van der Waals surface area (Å²) in [6.07, 6.45) is -4.96. The first kappa shape index (κ1) is 12.3. The Hall–Kier alpha value is -0.820. The molecule has 1 aromatic rings. The minimum absolute atomic E-state index is 0.0823. The summed E-state index contributed by atoms with van der Waals surface area (Å²) in [4.78, 5) is 5.56. The molecule has 0 aliphatic rings. The van der Waals surface area contributed by atoms with Crippen molar-refractivity contribution in [1.82, 2.24) is 4.98 Å². The van der Waals surface area contributed by atoms with Crippen LogP contribution in [0.4, 0.5) is 18.3 Å². The molecule has 0 atom stereocenters. The van der Waals surface area contributed by atoms with E-state index >= 15 is 0 Å². The van der Waals surface area contributed by atoms with Crippen molar-refractivity contribution in [2.75, 3.05) is 18.5 Å². The van der Waals surface area contributed by atoms with Gasteiger partial charge in [0.25, 0.3) is 0 Å². The molecule has 3 nitrogen and oxygen atoms in total. The Balaban J connectivity index is 2.50. The minimum atomic E-state index is -4.12. The monoisotopic (exact) mass is 239 g/mol. The molecule has 86 valence electrons. The Morgan fingerprint density at radius 2 is 2.20 bits per heavy atom. The van der Waals surface area contributed by atoms with Gasteiger partial charge in [-0.2, -0.15) is 13.2 Å². The average molecular weight is 239 g/mol. The van der Waals surface area contributed by atoms with Crippen LogP contribution >= 0.6 is 11.3 Å². The average Bonchev–Trinajstić information content (AvgIpc) is 2.61. The highest BCUT2D eigenvalue weighted by Gasteiger charge is 2.27. The number of nitrogens with zero attached hydrogens (tertiary/aromatic N) is 2. The molecular formula is C8H12F3N3S. The molecular weight excluding hydrogens is 227 g/mol. The smallest absolute Gasteiger partial charge is 0.351 e. The van der Waals surface area contributed by atoms with Crippen LogP contribution in [0.1, 0.15) is 12.1 Å². The van der Waals surface area contributed by atoms with Gasteiger partial charge in [-0.1, -0.05) is 0 Å². The lowest BCUT2D eigenvalue weighted by Gasteiger charge is -2.16. The molecule has 0 aromatic carbocycles. The third-order valence-electron chi connectivity index (χ3n) is 1.81. The normalized spacial score (nSPS) is 11.8. The number of halogens is 3. The van der Waals surface area contributed by atoms with Crippen molar-refractivity contribution in [1.29, 1.82) is 0 Å². The molecule has 0 aliphatic carbocycles. The van der Waals surface area contributed by atoms with Gasteiger partial charge in [0.1, 0.15) is 0 Å². The van der Waals surface area contributed by atoms with Crippen LogP contribution in [0.2, 0.25) is 0 Å². The van der Waals surface area contributed by atoms with E-state index in [4.69, 9.17) is 5.73 Å². The van der Waals surface area contributed by atoms with E-state index in [-0.39, 0.29) is 6.54 Å². The third kappa shape index (κ3) is 4.05. The fraction of sp³-hybridized carbons (Fsp3) is 0.625. The fourth-order valence-corrected chi connectivity index (χ4v) is 1.79. The summed E-state index contributed by atoms with van der Waals surface area (Å²) < 4.78 is 35.8. The lowest BCUT2D eigenvalue weighted by molar-refractivity contribution is -0.132. The maximum absolute atomic E-state index is 11.9. The zero-order valence-corrected chi connectivity index (χ0v) is 9.03. The maximum Gasteiger partial charge on any atom is 0.390 e. The van der Waals surface area contributed by atoms with E-state index in [1.807, 2.05) is 0 Å². The number of aromatic nitrogens is 1. The number of hydrogen-bond donors (Lipinski definition) is 1. The van der Waals surface area contributed by atoms with E-state index in [1.54, 1.807) is 12.4 Å². The van der Waals surface area contributed by atoms with Gasteiger partial charge in [-0.05, 0) is 0 Å². The second-order valence-electron chi connectivity index (χ2n) is 3.11. The summed E-state index contributed by atoms with van der Waals surface area (Å²) >= 11 is 1.30. The number of nitrogens with two attached hydrogens (primary N) is 1. The molecule has 0 spiro atoms. The van der Waals surface area contributed by atoms with E-state index in [0.717, 1.165) is 0 Å². The van der Waals surface area contributed by atoms with Crippen LogP contribution in [0, 0.1) is 0 Å². The van der Waals surface area contributed by atoms with Crippen LogP contribution < -0.4 is 10.6 Å². The zero-order valence-electron chi connectivity index (χ0n) is 8.21. The van der Waals surface area contributed by atoms with E-state index in [9.17, 15) is 13.2 Å². The van der Waals surface area contributed by atoms with E-state index in [1.165, 1.54) is 16.2 Å². The van der Waals surface area contributed by atoms with Gasteiger partial charge >= 0.3 is 6.18 Å². The van der Waals surface area contributed by atoms with E-state index < -0.39 is 12.6 Å². The number of anilines is 1. The first-order chi connectivity index (χ1) is 6.92. The molecule has 0 amide bonds. The quantitative estimate of drug-likeness (QED) is 0.873. The lowest BCUT2D eigenvalue weighted by Crippen LogP contribution is -2.23. The Bertz CT molecular complexity index is 310. The summed E-state index contributed by atoms with van der Waals surface area (Å²) in [5.74, 6) is 0. The molecule has 1 rings (SSSR count). The summed E-state index contributed by atoms with van der Waals surface area (Å²) in [5, 5.41) is 2.32. The van der Waals surface area contributed by atoms with Gasteiger partial charge < -0.3 is 10.6 Å². The molecule has 0 unspecified atom stereocenters. The molecule has 15 heavy (non-hydrogen) atoms. The Kier molecular flexibility index (Phi) is 3.92.